The van der Waals surface area contributed by atoms with Gasteiger partial charge in [-0.3, -0.25) is 4.79 Å². The molecule has 27 heavy (non-hydrogen) atoms. The Hall–Kier alpha value is -2.34. The molecule has 0 fully saturated rings. The van der Waals surface area contributed by atoms with Crippen LogP contribution in [0.4, 0.5) is 0 Å². The molecule has 0 saturated heterocycles. The zero-order chi connectivity index (χ0) is 20.2. The summed E-state index contributed by atoms with van der Waals surface area (Å²) in [6, 6.07) is 12.1. The molecule has 146 valence electrons. The van der Waals surface area contributed by atoms with E-state index in [1.807, 2.05) is 45.9 Å². The molecule has 0 unspecified atom stereocenters. The summed E-state index contributed by atoms with van der Waals surface area (Å²) in [4.78, 5) is 12.9. The highest BCUT2D eigenvalue weighted by Crippen LogP contribution is 2.23. The van der Waals surface area contributed by atoms with Crippen molar-refractivity contribution in [2.24, 2.45) is 0 Å². The molecule has 0 aliphatic rings. The largest absolute Gasteiger partial charge is 0.480 e. The molecule has 0 heterocycles. The summed E-state index contributed by atoms with van der Waals surface area (Å²) < 4.78 is 29.1. The van der Waals surface area contributed by atoms with Gasteiger partial charge in [-0.25, -0.2) is 8.42 Å². The van der Waals surface area contributed by atoms with Crippen LogP contribution in [-0.4, -0.2) is 26.7 Å². The number of amides is 1. The second kappa shape index (κ2) is 8.57. The number of carbonyl (C=O) groups excluding carboxylic acids is 1. The highest BCUT2D eigenvalue weighted by Gasteiger charge is 2.21. The normalized spacial score (nSPS) is 13.7. The molecule has 0 saturated carbocycles. The van der Waals surface area contributed by atoms with E-state index < -0.39 is 15.9 Å². The van der Waals surface area contributed by atoms with E-state index in [-0.39, 0.29) is 16.8 Å². The summed E-state index contributed by atoms with van der Waals surface area (Å²) in [6.45, 7) is 7.74. The minimum absolute atomic E-state index is 0.196. The van der Waals surface area contributed by atoms with Crippen LogP contribution in [-0.2, 0) is 14.6 Å². The second-order valence-electron chi connectivity index (χ2n) is 6.78. The summed E-state index contributed by atoms with van der Waals surface area (Å²) >= 11 is 0. The maximum Gasteiger partial charge on any atom is 0.261 e. The van der Waals surface area contributed by atoms with Crippen molar-refractivity contribution in [3.63, 3.8) is 0 Å². The number of hydrogen-bond acceptors (Lipinski definition) is 4. The number of ether oxygens (including phenoxy) is 1. The van der Waals surface area contributed by atoms with Crippen LogP contribution in [0.2, 0.25) is 0 Å². The molecule has 1 amide bonds. The quantitative estimate of drug-likeness (QED) is 0.783. The standard InChI is InChI=1S/C21H27NO4S/c1-6-19(26-20-9-7-8-14(2)15(20)3)21(23)22-16(4)17-10-12-18(13-11-17)27(5,24)25/h7-13,16,19H,6H2,1-5H3,(H,22,23)/t16-,19-/m0/s1. The molecule has 0 radical (unpaired) electrons. The third-order valence-electron chi connectivity index (χ3n) is 4.65. The summed E-state index contributed by atoms with van der Waals surface area (Å²) in [5, 5.41) is 2.95. The highest BCUT2D eigenvalue weighted by atomic mass is 32.2. The number of nitrogens with one attached hydrogen (secondary N) is 1. The summed E-state index contributed by atoms with van der Waals surface area (Å²) in [6.07, 6.45) is 1.12. The molecule has 0 aliphatic carbocycles. The van der Waals surface area contributed by atoms with E-state index in [0.717, 1.165) is 16.7 Å². The van der Waals surface area contributed by atoms with E-state index >= 15 is 0 Å². The van der Waals surface area contributed by atoms with E-state index in [4.69, 9.17) is 4.74 Å². The molecule has 0 bridgehead atoms. The molecule has 2 aromatic rings. The van der Waals surface area contributed by atoms with Crippen molar-refractivity contribution in [1.82, 2.24) is 5.32 Å². The van der Waals surface area contributed by atoms with Gasteiger partial charge in [-0.2, -0.15) is 0 Å². The van der Waals surface area contributed by atoms with Crippen molar-refractivity contribution in [3.8, 4) is 5.75 Å². The van der Waals surface area contributed by atoms with E-state index in [2.05, 4.69) is 5.32 Å². The van der Waals surface area contributed by atoms with E-state index in [1.165, 1.54) is 6.26 Å². The van der Waals surface area contributed by atoms with Crippen molar-refractivity contribution in [3.05, 3.63) is 59.2 Å². The monoisotopic (exact) mass is 389 g/mol. The summed E-state index contributed by atoms with van der Waals surface area (Å²) in [7, 11) is -3.24. The topological polar surface area (TPSA) is 72.5 Å². The number of hydrogen-bond donors (Lipinski definition) is 1. The van der Waals surface area contributed by atoms with Gasteiger partial charge >= 0.3 is 0 Å². The lowest BCUT2D eigenvalue weighted by Gasteiger charge is -2.22. The second-order valence-corrected chi connectivity index (χ2v) is 8.80. The first-order chi connectivity index (χ1) is 12.6. The average molecular weight is 390 g/mol. The third-order valence-corrected chi connectivity index (χ3v) is 5.78. The molecule has 0 aromatic heterocycles. The molecule has 2 atom stereocenters. The van der Waals surface area contributed by atoms with Gasteiger partial charge in [0.15, 0.2) is 15.9 Å². The zero-order valence-corrected chi connectivity index (χ0v) is 17.3. The van der Waals surface area contributed by atoms with Crippen molar-refractivity contribution in [1.29, 1.82) is 0 Å². The van der Waals surface area contributed by atoms with Crippen LogP contribution in [0.1, 0.15) is 43.0 Å². The van der Waals surface area contributed by atoms with Gasteiger partial charge in [0.1, 0.15) is 5.75 Å². The van der Waals surface area contributed by atoms with Crippen LogP contribution in [0.25, 0.3) is 0 Å². The zero-order valence-electron chi connectivity index (χ0n) is 16.4. The number of benzene rings is 2. The lowest BCUT2D eigenvalue weighted by Crippen LogP contribution is -2.39. The summed E-state index contributed by atoms with van der Waals surface area (Å²) in [5.41, 5.74) is 2.97. The lowest BCUT2D eigenvalue weighted by atomic mass is 10.1. The van der Waals surface area contributed by atoms with Crippen LogP contribution in [0.3, 0.4) is 0 Å². The Bertz CT molecular complexity index is 904. The molecule has 2 rings (SSSR count). The SMILES string of the molecule is CC[C@H](Oc1cccc(C)c1C)C(=O)N[C@@H](C)c1ccc(S(C)(=O)=O)cc1. The van der Waals surface area contributed by atoms with Gasteiger partial charge < -0.3 is 10.1 Å². The Kier molecular flexibility index (Phi) is 6.65. The number of sulfone groups is 1. The first-order valence-corrected chi connectivity index (χ1v) is 10.9. The highest BCUT2D eigenvalue weighted by molar-refractivity contribution is 7.90. The van der Waals surface area contributed by atoms with Crippen molar-refractivity contribution in [2.45, 2.75) is 51.2 Å². The predicted molar refractivity (Wildman–Crippen MR) is 107 cm³/mol. The number of carbonyl (C=O) groups is 1. The molecular formula is C21H27NO4S. The third kappa shape index (κ3) is 5.32. The Balaban J connectivity index is 2.08. The van der Waals surface area contributed by atoms with Crippen LogP contribution in [0.5, 0.6) is 5.75 Å². The molecule has 0 aliphatic heterocycles. The molecule has 5 nitrogen and oxygen atoms in total. The van der Waals surface area contributed by atoms with Crippen LogP contribution >= 0.6 is 0 Å². The van der Waals surface area contributed by atoms with Gasteiger partial charge in [-0.15, -0.1) is 0 Å². The predicted octanol–water partition coefficient (Wildman–Crippen LogP) is 3.74. The van der Waals surface area contributed by atoms with E-state index in [1.54, 1.807) is 24.3 Å². The Morgan fingerprint density at radius 2 is 1.74 bits per heavy atom. The van der Waals surface area contributed by atoms with Crippen molar-refractivity contribution >= 4 is 15.7 Å². The van der Waals surface area contributed by atoms with Crippen LogP contribution < -0.4 is 10.1 Å². The Morgan fingerprint density at radius 1 is 1.11 bits per heavy atom. The molecule has 0 spiro atoms. The fraction of sp³-hybridized carbons (Fsp3) is 0.381. The van der Waals surface area contributed by atoms with Gasteiger partial charge in [-0.1, -0.05) is 31.2 Å². The average Bonchev–Trinajstić information content (AvgIpc) is 2.62. The maximum absolute atomic E-state index is 12.7. The van der Waals surface area contributed by atoms with Crippen molar-refractivity contribution < 1.29 is 17.9 Å². The Morgan fingerprint density at radius 3 is 2.30 bits per heavy atom. The first-order valence-electron chi connectivity index (χ1n) is 8.96. The minimum atomic E-state index is -3.24. The van der Waals surface area contributed by atoms with Crippen LogP contribution in [0.15, 0.2) is 47.4 Å². The van der Waals surface area contributed by atoms with E-state index in [9.17, 15) is 13.2 Å². The van der Waals surface area contributed by atoms with Gasteiger partial charge in [0.05, 0.1) is 10.9 Å². The molecule has 2 aromatic carbocycles. The van der Waals surface area contributed by atoms with Crippen LogP contribution in [0, 0.1) is 13.8 Å². The van der Waals surface area contributed by atoms with Gasteiger partial charge in [-0.05, 0) is 62.1 Å². The van der Waals surface area contributed by atoms with Gasteiger partial charge in [0.25, 0.3) is 5.91 Å². The lowest BCUT2D eigenvalue weighted by molar-refractivity contribution is -0.128. The molecule has 6 heteroatoms. The minimum Gasteiger partial charge on any atom is -0.480 e. The fourth-order valence-corrected chi connectivity index (χ4v) is 3.35. The smallest absolute Gasteiger partial charge is 0.261 e. The van der Waals surface area contributed by atoms with E-state index in [0.29, 0.717) is 12.2 Å². The Labute approximate surface area is 161 Å². The number of rotatable bonds is 7. The van der Waals surface area contributed by atoms with Gasteiger partial charge in [0.2, 0.25) is 0 Å². The maximum atomic E-state index is 12.7. The summed E-state index contributed by atoms with van der Waals surface area (Å²) in [5.74, 6) is 0.514. The molecular weight excluding hydrogens is 362 g/mol. The number of aryl methyl sites for hydroxylation is 1. The van der Waals surface area contributed by atoms with Gasteiger partial charge in [0, 0.05) is 6.26 Å². The molecule has 1 N–H and O–H groups in total. The van der Waals surface area contributed by atoms with Crippen molar-refractivity contribution in [2.75, 3.05) is 6.26 Å². The fourth-order valence-electron chi connectivity index (χ4n) is 2.72. The first kappa shape index (κ1) is 21.0.